The van der Waals surface area contributed by atoms with Gasteiger partial charge in [-0.2, -0.15) is 0 Å². The molecule has 5 heterocycles. The number of benzene rings is 4. The van der Waals surface area contributed by atoms with E-state index in [1.165, 1.54) is 50.4 Å². The van der Waals surface area contributed by atoms with Crippen molar-refractivity contribution in [2.24, 2.45) is 0 Å². The first-order valence-electron chi connectivity index (χ1n) is 15.3. The summed E-state index contributed by atoms with van der Waals surface area (Å²) < 4.78 is 2.27. The molecule has 0 saturated heterocycles. The lowest BCUT2D eigenvalue weighted by Gasteiger charge is -2.55. The van der Waals surface area contributed by atoms with Crippen molar-refractivity contribution in [1.82, 2.24) is 14.5 Å². The molecule has 0 unspecified atom stereocenters. The zero-order chi connectivity index (χ0) is 29.5. The predicted molar refractivity (Wildman–Crippen MR) is 175 cm³/mol. The van der Waals surface area contributed by atoms with Gasteiger partial charge >= 0.3 is 0 Å². The first-order chi connectivity index (χ1) is 20.6. The number of hydrogen-bond donors (Lipinski definition) is 0. The lowest BCUT2D eigenvalue weighted by atomic mass is 9.60. The average molecular weight is 559 g/mol. The van der Waals surface area contributed by atoms with Crippen molar-refractivity contribution >= 4 is 28.1 Å². The Kier molecular flexibility index (Phi) is 4.52. The number of pyridine rings is 1. The molecular weight excluding hydrogens is 524 g/mol. The molecule has 0 saturated carbocycles. The summed E-state index contributed by atoms with van der Waals surface area (Å²) in [5.41, 5.74) is 16.0. The third-order valence-electron chi connectivity index (χ3n) is 10.6. The van der Waals surface area contributed by atoms with E-state index < -0.39 is 0 Å². The molecule has 4 aromatic carbocycles. The Morgan fingerprint density at radius 2 is 1.07 bits per heavy atom. The van der Waals surface area contributed by atoms with Crippen LogP contribution < -0.4 is 4.90 Å². The van der Waals surface area contributed by atoms with Crippen LogP contribution in [0.3, 0.4) is 0 Å². The van der Waals surface area contributed by atoms with E-state index in [1.54, 1.807) is 0 Å². The number of anilines is 3. The van der Waals surface area contributed by atoms with Gasteiger partial charge in [0.25, 0.3) is 0 Å². The summed E-state index contributed by atoms with van der Waals surface area (Å²) in [4.78, 5) is 12.4. The van der Waals surface area contributed by atoms with Crippen molar-refractivity contribution in [2.75, 3.05) is 4.90 Å². The molecule has 0 fully saturated rings. The predicted octanol–water partition coefficient (Wildman–Crippen LogP) is 9.48. The van der Waals surface area contributed by atoms with E-state index in [9.17, 15) is 0 Å². The average Bonchev–Trinajstić information content (AvgIpc) is 3.40. The van der Waals surface area contributed by atoms with Crippen LogP contribution in [0.4, 0.5) is 17.1 Å². The van der Waals surface area contributed by atoms with Crippen molar-refractivity contribution in [2.45, 2.75) is 57.8 Å². The molecule has 0 radical (unpaired) electrons. The number of hydrogen-bond acceptors (Lipinski definition) is 3. The van der Waals surface area contributed by atoms with Crippen LogP contribution in [0.2, 0.25) is 0 Å². The molecule has 6 aromatic rings. The number of imidazole rings is 1. The van der Waals surface area contributed by atoms with E-state index in [1.807, 2.05) is 18.5 Å². The molecule has 210 valence electrons. The molecular formula is C39H34N4. The maximum absolute atomic E-state index is 5.26. The molecule has 0 aliphatic carbocycles. The molecule has 4 nitrogen and oxygen atoms in total. The molecule has 3 aliphatic heterocycles. The highest BCUT2D eigenvalue weighted by Gasteiger charge is 2.51. The van der Waals surface area contributed by atoms with Crippen LogP contribution in [0, 0.1) is 0 Å². The SMILES string of the molecule is CC1(C)c2cccc3c2N2c4c1cccc4C(C)(C)c1cc(-c4nc5ccncc5n4-c4ccccc4)cc(c12)C3(C)C. The van der Waals surface area contributed by atoms with Crippen molar-refractivity contribution in [3.8, 4) is 17.1 Å². The van der Waals surface area contributed by atoms with Crippen LogP contribution >= 0.6 is 0 Å². The fourth-order valence-corrected chi connectivity index (χ4v) is 8.27. The van der Waals surface area contributed by atoms with Gasteiger partial charge in [-0.05, 0) is 63.7 Å². The largest absolute Gasteiger partial charge is 0.309 e. The van der Waals surface area contributed by atoms with E-state index >= 15 is 0 Å². The molecule has 0 amide bonds. The van der Waals surface area contributed by atoms with Crippen LogP contribution in [-0.4, -0.2) is 14.5 Å². The summed E-state index contributed by atoms with van der Waals surface area (Å²) in [7, 11) is 0. The molecule has 43 heavy (non-hydrogen) atoms. The molecule has 0 spiro atoms. The molecule has 0 atom stereocenters. The second-order valence-corrected chi connectivity index (χ2v) is 14.0. The van der Waals surface area contributed by atoms with Gasteiger partial charge in [-0.3, -0.25) is 9.55 Å². The van der Waals surface area contributed by atoms with Crippen molar-refractivity contribution in [3.05, 3.63) is 131 Å². The lowest BCUT2D eigenvalue weighted by molar-refractivity contribution is 0.567. The Hall–Kier alpha value is -4.70. The smallest absolute Gasteiger partial charge is 0.145 e. The lowest BCUT2D eigenvalue weighted by Crippen LogP contribution is -2.43. The van der Waals surface area contributed by atoms with Gasteiger partial charge in [0.15, 0.2) is 0 Å². The zero-order valence-electron chi connectivity index (χ0n) is 25.5. The fourth-order valence-electron chi connectivity index (χ4n) is 8.27. The summed E-state index contributed by atoms with van der Waals surface area (Å²) in [5.74, 6) is 0.943. The Labute approximate surface area is 252 Å². The topological polar surface area (TPSA) is 34.0 Å². The molecule has 9 rings (SSSR count). The number of aromatic nitrogens is 3. The maximum Gasteiger partial charge on any atom is 0.145 e. The number of para-hydroxylation sites is 3. The Balaban J connectivity index is 1.42. The summed E-state index contributed by atoms with van der Waals surface area (Å²) in [6.07, 6.45) is 3.76. The van der Waals surface area contributed by atoms with Crippen LogP contribution in [0.5, 0.6) is 0 Å². The van der Waals surface area contributed by atoms with Gasteiger partial charge in [-0.25, -0.2) is 4.98 Å². The maximum atomic E-state index is 5.26. The Morgan fingerprint density at radius 1 is 0.558 bits per heavy atom. The second kappa shape index (κ2) is 7.82. The van der Waals surface area contributed by atoms with E-state index in [-0.39, 0.29) is 16.2 Å². The number of nitrogens with zero attached hydrogens (tertiary/aromatic N) is 4. The van der Waals surface area contributed by atoms with E-state index in [0.29, 0.717) is 0 Å². The van der Waals surface area contributed by atoms with E-state index in [0.717, 1.165) is 28.1 Å². The van der Waals surface area contributed by atoms with Gasteiger partial charge in [-0.15, -0.1) is 0 Å². The summed E-state index contributed by atoms with van der Waals surface area (Å²) in [6, 6.07) is 31.3. The third-order valence-corrected chi connectivity index (χ3v) is 10.6. The third kappa shape index (κ3) is 2.91. The monoisotopic (exact) mass is 558 g/mol. The normalized spacial score (nSPS) is 17.6. The van der Waals surface area contributed by atoms with Crippen LogP contribution in [0.25, 0.3) is 28.1 Å². The summed E-state index contributed by atoms with van der Waals surface area (Å²) in [5, 5.41) is 0. The highest BCUT2D eigenvalue weighted by molar-refractivity contribution is 5.99. The van der Waals surface area contributed by atoms with Gasteiger partial charge in [0.05, 0.1) is 34.3 Å². The molecule has 3 aliphatic rings. The molecule has 2 aromatic heterocycles. The fraction of sp³-hybridized carbons (Fsp3) is 0.231. The zero-order valence-corrected chi connectivity index (χ0v) is 25.5. The highest BCUT2D eigenvalue weighted by Crippen LogP contribution is 2.66. The van der Waals surface area contributed by atoms with Crippen molar-refractivity contribution in [1.29, 1.82) is 0 Å². The minimum absolute atomic E-state index is 0.0944. The summed E-state index contributed by atoms with van der Waals surface area (Å²) >= 11 is 0. The van der Waals surface area contributed by atoms with E-state index in [4.69, 9.17) is 4.98 Å². The Bertz CT molecular complexity index is 2070. The van der Waals surface area contributed by atoms with E-state index in [2.05, 4.69) is 135 Å². The van der Waals surface area contributed by atoms with Gasteiger partial charge in [0.1, 0.15) is 5.82 Å². The minimum Gasteiger partial charge on any atom is -0.309 e. The number of rotatable bonds is 2. The van der Waals surface area contributed by atoms with Gasteiger partial charge < -0.3 is 4.90 Å². The first kappa shape index (κ1) is 24.9. The van der Waals surface area contributed by atoms with Crippen LogP contribution in [-0.2, 0) is 16.2 Å². The van der Waals surface area contributed by atoms with Crippen molar-refractivity contribution in [3.63, 3.8) is 0 Å². The first-order valence-corrected chi connectivity index (χ1v) is 15.3. The molecule has 0 bridgehead atoms. The summed E-state index contributed by atoms with van der Waals surface area (Å²) in [6.45, 7) is 14.4. The second-order valence-electron chi connectivity index (χ2n) is 14.0. The molecule has 4 heteroatoms. The Morgan fingerprint density at radius 3 is 1.63 bits per heavy atom. The van der Waals surface area contributed by atoms with Crippen LogP contribution in [0.15, 0.2) is 97.3 Å². The minimum atomic E-state index is -0.205. The quantitative estimate of drug-likeness (QED) is 0.212. The van der Waals surface area contributed by atoms with Gasteiger partial charge in [0.2, 0.25) is 0 Å². The van der Waals surface area contributed by atoms with Crippen molar-refractivity contribution < 1.29 is 0 Å². The van der Waals surface area contributed by atoms with Gasteiger partial charge in [-0.1, -0.05) is 96.1 Å². The number of fused-ring (bicyclic) bond motifs is 1. The standard InChI is InChI=1S/C39H34N4/c1-37(2)25-14-10-16-27-33(25)43-34-26(37)15-11-17-28(34)39(5,6)30-21-23(20-29(35(30)43)38(27,3)4)36-41-31-18-19-40-22-32(31)42(36)24-12-8-7-9-13-24/h7-22H,1-6H3. The highest BCUT2D eigenvalue weighted by atomic mass is 15.2. The molecule has 0 N–H and O–H groups in total. The van der Waals surface area contributed by atoms with Gasteiger partial charge in [0, 0.05) is 33.7 Å². The van der Waals surface area contributed by atoms with Crippen LogP contribution in [0.1, 0.15) is 74.9 Å².